The summed E-state index contributed by atoms with van der Waals surface area (Å²) in [6.45, 7) is 0. The zero-order chi connectivity index (χ0) is 10.4. The van der Waals surface area contributed by atoms with Crippen molar-refractivity contribution in [2.24, 2.45) is 0 Å². The van der Waals surface area contributed by atoms with Crippen molar-refractivity contribution in [2.45, 2.75) is 38.2 Å². The van der Waals surface area contributed by atoms with Crippen LogP contribution in [0, 0.1) is 0 Å². The first-order valence-electron chi connectivity index (χ1n) is 4.83. The maximum atomic E-state index is 11.5. The highest BCUT2D eigenvalue weighted by molar-refractivity contribution is 9.12. The van der Waals surface area contributed by atoms with Gasteiger partial charge in [0, 0.05) is 0 Å². The van der Waals surface area contributed by atoms with Gasteiger partial charge in [0.1, 0.15) is 10.6 Å². The van der Waals surface area contributed by atoms with E-state index in [2.05, 4.69) is 15.9 Å². The minimum Gasteiger partial charge on any atom is -0.458 e. The number of esters is 1. The minimum absolute atomic E-state index is 0.138. The molecule has 0 saturated heterocycles. The number of hydrogen-bond donors (Lipinski definition) is 0. The fraction of sp³-hybridized carbons (Fsp3) is 0.700. The predicted molar refractivity (Wildman–Crippen MR) is 63.5 cm³/mol. The molecule has 0 spiro atoms. The van der Waals surface area contributed by atoms with Gasteiger partial charge in [0.25, 0.3) is 0 Å². The maximum absolute atomic E-state index is 11.5. The van der Waals surface area contributed by atoms with Crippen LogP contribution in [-0.2, 0) is 9.53 Å². The second-order valence-electron chi connectivity index (χ2n) is 3.37. The number of rotatable bonds is 3. The van der Waals surface area contributed by atoms with E-state index >= 15 is 0 Å². The van der Waals surface area contributed by atoms with Gasteiger partial charge in [-0.3, -0.25) is 0 Å². The zero-order valence-electron chi connectivity index (χ0n) is 8.29. The molecular formula is C10H15BrO2S. The van der Waals surface area contributed by atoms with Crippen LogP contribution in [0.3, 0.4) is 0 Å². The Hall–Kier alpha value is 0.0400. The first-order chi connectivity index (χ1) is 6.74. The van der Waals surface area contributed by atoms with Gasteiger partial charge >= 0.3 is 5.97 Å². The average Bonchev–Trinajstić information content (AvgIpc) is 2.19. The molecule has 14 heavy (non-hydrogen) atoms. The lowest BCUT2D eigenvalue weighted by molar-refractivity contribution is -0.144. The first-order valence-corrected chi connectivity index (χ1v) is 6.91. The van der Waals surface area contributed by atoms with Crippen molar-refractivity contribution in [3.63, 3.8) is 0 Å². The molecule has 0 unspecified atom stereocenters. The van der Waals surface area contributed by atoms with Crippen molar-refractivity contribution in [1.29, 1.82) is 0 Å². The summed E-state index contributed by atoms with van der Waals surface area (Å²) in [7, 11) is 0. The summed E-state index contributed by atoms with van der Waals surface area (Å²) in [5.74, 6) is -0.230. The number of thioether (sulfide) groups is 1. The second kappa shape index (κ2) is 6.51. The fourth-order valence-electron chi connectivity index (χ4n) is 1.54. The molecular weight excluding hydrogens is 264 g/mol. The first kappa shape index (κ1) is 12.1. The SMILES string of the molecule is CS/C=C(\Br)C(=O)OC1CCCCC1. The Kier molecular flexibility index (Phi) is 5.63. The Bertz CT molecular complexity index is 222. The highest BCUT2D eigenvalue weighted by atomic mass is 79.9. The smallest absolute Gasteiger partial charge is 0.346 e. The Balaban J connectivity index is 2.35. The van der Waals surface area contributed by atoms with E-state index in [1.165, 1.54) is 31.0 Å². The van der Waals surface area contributed by atoms with Crippen LogP contribution in [0.4, 0.5) is 0 Å². The highest BCUT2D eigenvalue weighted by Crippen LogP contribution is 2.22. The van der Waals surface area contributed by atoms with Crippen LogP contribution < -0.4 is 0 Å². The van der Waals surface area contributed by atoms with Gasteiger partial charge in [0.05, 0.1) is 0 Å². The lowest BCUT2D eigenvalue weighted by atomic mass is 9.98. The molecule has 0 heterocycles. The van der Waals surface area contributed by atoms with Gasteiger partial charge in [-0.15, -0.1) is 11.8 Å². The lowest BCUT2D eigenvalue weighted by Gasteiger charge is -2.21. The number of halogens is 1. The summed E-state index contributed by atoms with van der Waals surface area (Å²) >= 11 is 4.69. The molecule has 1 aliphatic rings. The average molecular weight is 279 g/mol. The summed E-state index contributed by atoms with van der Waals surface area (Å²) in [6.07, 6.45) is 7.73. The molecule has 1 fully saturated rings. The van der Waals surface area contributed by atoms with E-state index in [0.29, 0.717) is 4.48 Å². The fourth-order valence-corrected chi connectivity index (χ4v) is 2.50. The number of hydrogen-bond acceptors (Lipinski definition) is 3. The third-order valence-electron chi connectivity index (χ3n) is 2.24. The molecule has 0 aromatic rings. The van der Waals surface area contributed by atoms with Gasteiger partial charge < -0.3 is 4.74 Å². The second-order valence-corrected chi connectivity index (χ2v) is 4.93. The molecule has 80 valence electrons. The summed E-state index contributed by atoms with van der Waals surface area (Å²) in [5, 5.41) is 1.76. The van der Waals surface area contributed by atoms with E-state index in [1.807, 2.05) is 6.26 Å². The number of carbonyl (C=O) groups excluding carboxylic acids is 1. The van der Waals surface area contributed by atoms with Crippen LogP contribution in [0.2, 0.25) is 0 Å². The molecule has 0 aromatic heterocycles. The molecule has 0 aromatic carbocycles. The Morgan fingerprint density at radius 1 is 1.43 bits per heavy atom. The molecule has 2 nitrogen and oxygen atoms in total. The van der Waals surface area contributed by atoms with Crippen molar-refractivity contribution in [1.82, 2.24) is 0 Å². The standard InChI is InChI=1S/C10H15BrO2S/c1-14-7-9(11)10(12)13-8-5-3-2-4-6-8/h7-8H,2-6H2,1H3/b9-7-. The van der Waals surface area contributed by atoms with E-state index in [0.717, 1.165) is 12.8 Å². The maximum Gasteiger partial charge on any atom is 0.346 e. The molecule has 1 saturated carbocycles. The molecule has 0 radical (unpaired) electrons. The van der Waals surface area contributed by atoms with Gasteiger partial charge in [0.15, 0.2) is 0 Å². The minimum atomic E-state index is -0.230. The third-order valence-corrected chi connectivity index (χ3v) is 3.57. The van der Waals surface area contributed by atoms with Gasteiger partial charge in [-0.2, -0.15) is 0 Å². The summed E-state index contributed by atoms with van der Waals surface area (Å²) < 4.78 is 5.86. The third kappa shape index (κ3) is 4.05. The topological polar surface area (TPSA) is 26.3 Å². The molecule has 4 heteroatoms. The van der Waals surface area contributed by atoms with Gasteiger partial charge in [-0.25, -0.2) is 4.79 Å². The number of ether oxygens (including phenoxy) is 1. The van der Waals surface area contributed by atoms with Gasteiger partial charge in [-0.1, -0.05) is 6.42 Å². The van der Waals surface area contributed by atoms with Crippen LogP contribution in [0.5, 0.6) is 0 Å². The van der Waals surface area contributed by atoms with Gasteiger partial charge in [-0.05, 0) is 53.3 Å². The molecule has 0 atom stereocenters. The number of carbonyl (C=O) groups is 1. The van der Waals surface area contributed by atoms with E-state index in [1.54, 1.807) is 5.41 Å². The molecule has 0 amide bonds. The monoisotopic (exact) mass is 278 g/mol. The normalized spacial score (nSPS) is 19.4. The summed E-state index contributed by atoms with van der Waals surface area (Å²) in [6, 6.07) is 0. The lowest BCUT2D eigenvalue weighted by Crippen LogP contribution is -2.20. The molecule has 1 aliphatic carbocycles. The molecule has 0 aliphatic heterocycles. The predicted octanol–water partition coefficient (Wildman–Crippen LogP) is 3.46. The largest absolute Gasteiger partial charge is 0.458 e. The van der Waals surface area contributed by atoms with E-state index in [9.17, 15) is 4.79 Å². The van der Waals surface area contributed by atoms with Crippen LogP contribution in [0.15, 0.2) is 9.89 Å². The van der Waals surface area contributed by atoms with Gasteiger partial charge in [0.2, 0.25) is 0 Å². The van der Waals surface area contributed by atoms with E-state index < -0.39 is 0 Å². The van der Waals surface area contributed by atoms with Crippen molar-refractivity contribution < 1.29 is 9.53 Å². The summed E-state index contributed by atoms with van der Waals surface area (Å²) in [5.41, 5.74) is 0. The summed E-state index contributed by atoms with van der Waals surface area (Å²) in [4.78, 5) is 11.5. The van der Waals surface area contributed by atoms with Crippen LogP contribution in [-0.4, -0.2) is 18.3 Å². The van der Waals surface area contributed by atoms with E-state index in [4.69, 9.17) is 4.74 Å². The van der Waals surface area contributed by atoms with Crippen molar-refractivity contribution in [2.75, 3.05) is 6.26 Å². The van der Waals surface area contributed by atoms with E-state index in [-0.39, 0.29) is 12.1 Å². The van der Waals surface area contributed by atoms with Crippen LogP contribution in [0.25, 0.3) is 0 Å². The Morgan fingerprint density at radius 3 is 2.64 bits per heavy atom. The molecule has 1 rings (SSSR count). The van der Waals surface area contributed by atoms with Crippen molar-refractivity contribution >= 4 is 33.7 Å². The Morgan fingerprint density at radius 2 is 2.07 bits per heavy atom. The van der Waals surface area contributed by atoms with Crippen molar-refractivity contribution in [3.8, 4) is 0 Å². The Labute approximate surface area is 97.6 Å². The van der Waals surface area contributed by atoms with Crippen molar-refractivity contribution in [3.05, 3.63) is 9.89 Å². The molecule has 0 bridgehead atoms. The highest BCUT2D eigenvalue weighted by Gasteiger charge is 2.18. The zero-order valence-corrected chi connectivity index (χ0v) is 10.7. The van der Waals surface area contributed by atoms with Crippen LogP contribution >= 0.6 is 27.7 Å². The van der Waals surface area contributed by atoms with Crippen LogP contribution in [0.1, 0.15) is 32.1 Å². The quantitative estimate of drug-likeness (QED) is 0.584. The molecule has 0 N–H and O–H groups in total.